The maximum absolute atomic E-state index is 11.8. The van der Waals surface area contributed by atoms with Gasteiger partial charge in [-0.25, -0.2) is 4.79 Å². The van der Waals surface area contributed by atoms with Gasteiger partial charge < -0.3 is 14.5 Å². The smallest absolute Gasteiger partial charge is 0.408 e. The number of carbonyl (C=O) groups excluding carboxylic acids is 1. The van der Waals surface area contributed by atoms with Crippen LogP contribution in [0.25, 0.3) is 5.57 Å². The van der Waals surface area contributed by atoms with Crippen LogP contribution in [-0.2, 0) is 4.74 Å². The van der Waals surface area contributed by atoms with E-state index in [1.807, 2.05) is 0 Å². The highest BCUT2D eigenvalue weighted by molar-refractivity contribution is 5.74. The average Bonchev–Trinajstić information content (AvgIpc) is 2.90. The molecule has 1 aromatic heterocycles. The monoisotopic (exact) mass is 306 g/mol. The summed E-state index contributed by atoms with van der Waals surface area (Å²) in [6.45, 7) is 5.18. The Morgan fingerprint density at radius 3 is 2.73 bits per heavy atom. The fraction of sp³-hybridized carbons (Fsp3) is 0.400. The van der Waals surface area contributed by atoms with Crippen molar-refractivity contribution in [1.29, 1.82) is 0 Å². The first-order valence-corrected chi connectivity index (χ1v) is 6.83. The third-order valence-corrected chi connectivity index (χ3v) is 2.93. The van der Waals surface area contributed by atoms with Crippen LogP contribution in [0.1, 0.15) is 26.5 Å². The van der Waals surface area contributed by atoms with E-state index < -0.39 is 28.7 Å². The summed E-state index contributed by atoms with van der Waals surface area (Å²) in [5.41, 5.74) is -0.0594. The van der Waals surface area contributed by atoms with Crippen molar-refractivity contribution in [3.8, 4) is 0 Å². The van der Waals surface area contributed by atoms with Crippen LogP contribution in [0.5, 0.6) is 0 Å². The van der Waals surface area contributed by atoms with E-state index in [1.165, 1.54) is 12.3 Å². The van der Waals surface area contributed by atoms with E-state index in [0.29, 0.717) is 11.3 Å². The summed E-state index contributed by atoms with van der Waals surface area (Å²) < 4.78 is 10.4. The number of rotatable bonds is 3. The predicted octanol–water partition coefficient (Wildman–Crippen LogP) is 2.77. The van der Waals surface area contributed by atoms with E-state index >= 15 is 0 Å². The first-order valence-electron chi connectivity index (χ1n) is 6.83. The summed E-state index contributed by atoms with van der Waals surface area (Å²) in [4.78, 5) is 22.6. The van der Waals surface area contributed by atoms with Crippen LogP contribution in [-0.4, -0.2) is 28.7 Å². The molecule has 0 saturated heterocycles. The molecule has 0 aliphatic heterocycles. The Morgan fingerprint density at radius 1 is 1.45 bits per heavy atom. The van der Waals surface area contributed by atoms with E-state index in [1.54, 1.807) is 45.1 Å². The molecule has 1 aliphatic carbocycles. The van der Waals surface area contributed by atoms with E-state index in [9.17, 15) is 14.9 Å². The number of nitrogens with zero attached hydrogens (tertiary/aromatic N) is 1. The minimum Gasteiger partial charge on any atom is -0.464 e. The molecule has 0 bridgehead atoms. The van der Waals surface area contributed by atoms with E-state index in [2.05, 4.69) is 5.32 Å². The molecule has 7 nitrogen and oxygen atoms in total. The molecular formula is C15H18N2O5. The third-order valence-electron chi connectivity index (χ3n) is 2.93. The first-order chi connectivity index (χ1) is 10.3. The van der Waals surface area contributed by atoms with Crippen LogP contribution in [0.4, 0.5) is 4.79 Å². The van der Waals surface area contributed by atoms with Crippen molar-refractivity contribution in [2.24, 2.45) is 0 Å². The molecule has 1 aromatic rings. The van der Waals surface area contributed by atoms with Crippen molar-refractivity contribution in [2.45, 2.75) is 38.5 Å². The number of ether oxygens (including phenoxy) is 1. The lowest BCUT2D eigenvalue weighted by Gasteiger charge is -2.24. The van der Waals surface area contributed by atoms with Crippen LogP contribution in [0.3, 0.4) is 0 Å². The van der Waals surface area contributed by atoms with Gasteiger partial charge in [0.05, 0.1) is 6.26 Å². The topological polar surface area (TPSA) is 94.6 Å². The molecule has 2 unspecified atom stereocenters. The molecule has 0 aromatic carbocycles. The van der Waals surface area contributed by atoms with Gasteiger partial charge in [0.15, 0.2) is 0 Å². The summed E-state index contributed by atoms with van der Waals surface area (Å²) >= 11 is 0. The summed E-state index contributed by atoms with van der Waals surface area (Å²) in [6.07, 6.45) is 5.51. The first kappa shape index (κ1) is 15.8. The van der Waals surface area contributed by atoms with Gasteiger partial charge in [-0.15, -0.1) is 0 Å². The van der Waals surface area contributed by atoms with Gasteiger partial charge >= 0.3 is 6.09 Å². The van der Waals surface area contributed by atoms with Crippen molar-refractivity contribution in [3.63, 3.8) is 0 Å². The number of nitro groups is 1. The third kappa shape index (κ3) is 3.97. The minimum absolute atomic E-state index is 0.450. The highest BCUT2D eigenvalue weighted by atomic mass is 16.6. The van der Waals surface area contributed by atoms with Crippen molar-refractivity contribution in [3.05, 3.63) is 52.5 Å². The molecular weight excluding hydrogens is 288 g/mol. The molecule has 0 fully saturated rings. The van der Waals surface area contributed by atoms with Gasteiger partial charge in [0.25, 0.3) is 6.04 Å². The van der Waals surface area contributed by atoms with Crippen molar-refractivity contribution < 1.29 is 18.9 Å². The largest absolute Gasteiger partial charge is 0.464 e. The van der Waals surface area contributed by atoms with Crippen LogP contribution in [0.2, 0.25) is 0 Å². The fourth-order valence-corrected chi connectivity index (χ4v) is 2.04. The number of alkyl carbamates (subject to hydrolysis) is 1. The van der Waals surface area contributed by atoms with E-state index in [4.69, 9.17) is 9.15 Å². The van der Waals surface area contributed by atoms with Crippen molar-refractivity contribution >= 4 is 11.7 Å². The van der Waals surface area contributed by atoms with Crippen LogP contribution in [0, 0.1) is 10.1 Å². The highest BCUT2D eigenvalue weighted by Crippen LogP contribution is 2.23. The number of furan rings is 1. The molecule has 0 radical (unpaired) electrons. The predicted molar refractivity (Wildman–Crippen MR) is 79.8 cm³/mol. The molecule has 22 heavy (non-hydrogen) atoms. The molecule has 118 valence electrons. The molecule has 1 amide bonds. The molecule has 1 N–H and O–H groups in total. The summed E-state index contributed by atoms with van der Waals surface area (Å²) in [5.74, 6) is 0.541. The molecule has 7 heteroatoms. The zero-order chi connectivity index (χ0) is 16.3. The summed E-state index contributed by atoms with van der Waals surface area (Å²) in [5, 5.41) is 13.8. The molecule has 1 aliphatic rings. The molecule has 2 rings (SSSR count). The zero-order valence-corrected chi connectivity index (χ0v) is 12.6. The number of nitrogens with one attached hydrogen (secondary N) is 1. The molecule has 1 heterocycles. The lowest BCUT2D eigenvalue weighted by atomic mass is 9.97. The lowest BCUT2D eigenvalue weighted by Crippen LogP contribution is -2.47. The normalized spacial score (nSPS) is 21.1. The van der Waals surface area contributed by atoms with Crippen molar-refractivity contribution in [2.75, 3.05) is 0 Å². The summed E-state index contributed by atoms with van der Waals surface area (Å²) in [6, 6.07) is 1.56. The number of allylic oxidation sites excluding steroid dienone is 2. The Kier molecular flexibility index (Phi) is 4.35. The Bertz CT molecular complexity index is 610. The van der Waals surface area contributed by atoms with Crippen LogP contribution >= 0.6 is 0 Å². The second-order valence-electron chi connectivity index (χ2n) is 5.91. The number of amides is 1. The number of hydrogen-bond donors (Lipinski definition) is 1. The quantitative estimate of drug-likeness (QED) is 0.684. The number of carbonyl (C=O) groups is 1. The van der Waals surface area contributed by atoms with Gasteiger partial charge in [-0.1, -0.05) is 12.2 Å². The SMILES string of the molecule is CC(C)(C)OC(=O)NC1C=CC(c2ccco2)=CC1[N+](=O)[O-]. The molecule has 0 saturated carbocycles. The van der Waals surface area contributed by atoms with Gasteiger partial charge in [-0.3, -0.25) is 10.1 Å². The number of hydrogen-bond acceptors (Lipinski definition) is 5. The Hall–Kier alpha value is -2.57. The van der Waals surface area contributed by atoms with Gasteiger partial charge in [-0.05, 0) is 32.9 Å². The van der Waals surface area contributed by atoms with Crippen molar-refractivity contribution in [1.82, 2.24) is 5.32 Å². The standard InChI is InChI=1S/C15H18N2O5/c1-15(2,3)22-14(18)16-11-7-6-10(9-12(11)17(19)20)13-5-4-8-21-13/h4-9,11-12H,1-3H3,(H,16,18). The Morgan fingerprint density at radius 2 is 2.18 bits per heavy atom. The van der Waals surface area contributed by atoms with E-state index in [0.717, 1.165) is 0 Å². The van der Waals surface area contributed by atoms with Gasteiger partial charge in [0, 0.05) is 16.6 Å². The maximum atomic E-state index is 11.8. The van der Waals surface area contributed by atoms with Crippen LogP contribution in [0.15, 0.2) is 41.0 Å². The van der Waals surface area contributed by atoms with Gasteiger partial charge in [0.1, 0.15) is 17.4 Å². The van der Waals surface area contributed by atoms with Gasteiger partial charge in [-0.2, -0.15) is 0 Å². The highest BCUT2D eigenvalue weighted by Gasteiger charge is 2.33. The zero-order valence-electron chi connectivity index (χ0n) is 12.6. The minimum atomic E-state index is -1.09. The molecule has 2 atom stereocenters. The Balaban J connectivity index is 2.12. The fourth-order valence-electron chi connectivity index (χ4n) is 2.04. The summed E-state index contributed by atoms with van der Waals surface area (Å²) in [7, 11) is 0. The second kappa shape index (κ2) is 6.05. The average molecular weight is 306 g/mol. The van der Waals surface area contributed by atoms with Gasteiger partial charge in [0.2, 0.25) is 0 Å². The Labute approximate surface area is 127 Å². The maximum Gasteiger partial charge on any atom is 0.408 e. The van der Waals surface area contributed by atoms with E-state index in [-0.39, 0.29) is 0 Å². The lowest BCUT2D eigenvalue weighted by molar-refractivity contribution is -0.511. The molecule has 0 spiro atoms. The second-order valence-corrected chi connectivity index (χ2v) is 5.91. The van der Waals surface area contributed by atoms with Crippen LogP contribution < -0.4 is 5.32 Å².